The number of carbonyl (C=O) groups excluding carboxylic acids is 1. The molecule has 5 nitrogen and oxygen atoms in total. The van der Waals surface area contributed by atoms with Crippen LogP contribution in [0.5, 0.6) is 0 Å². The second-order valence-corrected chi connectivity index (χ2v) is 6.91. The van der Waals surface area contributed by atoms with E-state index in [1.165, 1.54) is 0 Å². The van der Waals surface area contributed by atoms with Crippen molar-refractivity contribution in [2.75, 3.05) is 5.32 Å². The number of carbonyl (C=O) groups is 1. The zero-order valence-corrected chi connectivity index (χ0v) is 15.4. The van der Waals surface area contributed by atoms with Crippen molar-refractivity contribution >= 4 is 22.6 Å². The number of fused-ring (bicyclic) bond motifs is 1. The van der Waals surface area contributed by atoms with Crippen molar-refractivity contribution in [1.82, 2.24) is 14.8 Å². The van der Waals surface area contributed by atoms with Crippen molar-refractivity contribution in [1.29, 1.82) is 0 Å². The van der Waals surface area contributed by atoms with Crippen molar-refractivity contribution in [3.05, 3.63) is 53.3 Å². The van der Waals surface area contributed by atoms with Gasteiger partial charge in [-0.15, -0.1) is 0 Å². The van der Waals surface area contributed by atoms with Crippen molar-refractivity contribution in [3.8, 4) is 0 Å². The van der Waals surface area contributed by atoms with Crippen LogP contribution in [0.25, 0.3) is 11.0 Å². The van der Waals surface area contributed by atoms with Gasteiger partial charge in [0.1, 0.15) is 0 Å². The molecule has 3 aromatic rings. The molecule has 2 aromatic heterocycles. The Balaban J connectivity index is 1.97. The van der Waals surface area contributed by atoms with Crippen LogP contribution in [0.15, 0.2) is 36.5 Å². The summed E-state index contributed by atoms with van der Waals surface area (Å²) < 4.78 is 1.87. The molecule has 3 rings (SSSR count). The van der Waals surface area contributed by atoms with E-state index in [2.05, 4.69) is 43.1 Å². The van der Waals surface area contributed by atoms with Gasteiger partial charge in [0.05, 0.1) is 17.5 Å². The van der Waals surface area contributed by atoms with Gasteiger partial charge in [-0.2, -0.15) is 5.10 Å². The summed E-state index contributed by atoms with van der Waals surface area (Å²) in [5.74, 6) is 0.194. The average molecular weight is 336 g/mol. The van der Waals surface area contributed by atoms with Gasteiger partial charge in [0.2, 0.25) is 0 Å². The average Bonchev–Trinajstić information content (AvgIpc) is 2.97. The Labute approximate surface area is 148 Å². The van der Waals surface area contributed by atoms with Crippen molar-refractivity contribution in [2.24, 2.45) is 0 Å². The van der Waals surface area contributed by atoms with Crippen molar-refractivity contribution in [2.45, 2.75) is 46.6 Å². The van der Waals surface area contributed by atoms with Gasteiger partial charge in [-0.25, -0.2) is 9.67 Å². The number of hydrogen-bond acceptors (Lipinski definition) is 3. The molecule has 0 radical (unpaired) electrons. The third kappa shape index (κ3) is 3.27. The highest BCUT2D eigenvalue weighted by Crippen LogP contribution is 2.25. The van der Waals surface area contributed by atoms with Crippen LogP contribution in [0.2, 0.25) is 0 Å². The molecule has 0 spiro atoms. The van der Waals surface area contributed by atoms with Gasteiger partial charge in [0.25, 0.3) is 5.91 Å². The molecule has 5 heteroatoms. The number of amides is 1. The molecule has 1 aromatic carbocycles. The van der Waals surface area contributed by atoms with E-state index in [1.807, 2.05) is 41.9 Å². The molecule has 130 valence electrons. The van der Waals surface area contributed by atoms with E-state index in [0.717, 1.165) is 22.3 Å². The third-order valence-electron chi connectivity index (χ3n) is 4.32. The minimum atomic E-state index is -0.141. The Bertz CT molecular complexity index is 925. The lowest BCUT2D eigenvalue weighted by molar-refractivity contribution is 0.102. The number of rotatable bonds is 4. The third-order valence-corrected chi connectivity index (χ3v) is 4.32. The summed E-state index contributed by atoms with van der Waals surface area (Å²) in [5, 5.41) is 8.29. The molecule has 1 N–H and O–H groups in total. The zero-order chi connectivity index (χ0) is 18.1. The lowest BCUT2D eigenvalue weighted by Crippen LogP contribution is -2.16. The number of aromatic nitrogens is 3. The maximum absolute atomic E-state index is 12.8. The molecule has 0 saturated heterocycles. The summed E-state index contributed by atoms with van der Waals surface area (Å²) >= 11 is 0. The van der Waals surface area contributed by atoms with E-state index in [0.29, 0.717) is 17.2 Å². The van der Waals surface area contributed by atoms with Crippen LogP contribution in [-0.4, -0.2) is 20.7 Å². The lowest BCUT2D eigenvalue weighted by Gasteiger charge is -2.14. The molecule has 0 bridgehead atoms. The summed E-state index contributed by atoms with van der Waals surface area (Å²) in [6.45, 7) is 10.2. The molecule has 0 aliphatic rings. The van der Waals surface area contributed by atoms with Crippen molar-refractivity contribution in [3.63, 3.8) is 0 Å². The first-order chi connectivity index (χ1) is 11.9. The Hall–Kier alpha value is -2.69. The highest BCUT2D eigenvalue weighted by molar-refractivity contribution is 6.07. The SMILES string of the molecule is Cc1nc2c(cnn2C(C)C)cc1C(=O)Nc1ccccc1C(C)C. The first kappa shape index (κ1) is 17.1. The Morgan fingerprint density at radius 2 is 1.88 bits per heavy atom. The van der Waals surface area contributed by atoms with E-state index in [1.54, 1.807) is 6.20 Å². The van der Waals surface area contributed by atoms with E-state index < -0.39 is 0 Å². The van der Waals surface area contributed by atoms with E-state index in [9.17, 15) is 4.79 Å². The number of para-hydroxylation sites is 1. The zero-order valence-electron chi connectivity index (χ0n) is 15.4. The second kappa shape index (κ2) is 6.67. The number of anilines is 1. The molecule has 0 unspecified atom stereocenters. The minimum Gasteiger partial charge on any atom is -0.322 e. The smallest absolute Gasteiger partial charge is 0.257 e. The van der Waals surface area contributed by atoms with Gasteiger partial charge in [0.15, 0.2) is 5.65 Å². The summed E-state index contributed by atoms with van der Waals surface area (Å²) in [6, 6.07) is 10.00. The van der Waals surface area contributed by atoms with E-state index in [-0.39, 0.29) is 11.9 Å². The maximum atomic E-state index is 12.8. The largest absolute Gasteiger partial charge is 0.322 e. The highest BCUT2D eigenvalue weighted by Gasteiger charge is 2.17. The Morgan fingerprint density at radius 3 is 2.56 bits per heavy atom. The summed E-state index contributed by atoms with van der Waals surface area (Å²) in [7, 11) is 0. The number of pyridine rings is 1. The lowest BCUT2D eigenvalue weighted by atomic mass is 10.0. The number of nitrogens with one attached hydrogen (secondary N) is 1. The number of hydrogen-bond donors (Lipinski definition) is 1. The van der Waals surface area contributed by atoms with Gasteiger partial charge in [0, 0.05) is 17.1 Å². The standard InChI is InChI=1S/C20H24N4O/c1-12(2)16-8-6-7-9-18(16)23-20(25)17-10-15-11-21-24(13(3)4)19(15)22-14(17)5/h6-13H,1-5H3,(H,23,25). The molecule has 1 amide bonds. The van der Waals surface area contributed by atoms with Crippen LogP contribution in [0.4, 0.5) is 5.69 Å². The van der Waals surface area contributed by atoms with Gasteiger partial charge < -0.3 is 5.32 Å². The normalized spacial score (nSPS) is 11.5. The van der Waals surface area contributed by atoms with E-state index in [4.69, 9.17) is 0 Å². The van der Waals surface area contributed by atoms with Gasteiger partial charge >= 0.3 is 0 Å². The molecule has 0 aliphatic carbocycles. The van der Waals surface area contributed by atoms with Gasteiger partial charge in [-0.3, -0.25) is 4.79 Å². The highest BCUT2D eigenvalue weighted by atomic mass is 16.1. The van der Waals surface area contributed by atoms with Gasteiger partial charge in [-0.05, 0) is 44.4 Å². The predicted molar refractivity (Wildman–Crippen MR) is 101 cm³/mol. The fourth-order valence-corrected chi connectivity index (χ4v) is 2.98. The summed E-state index contributed by atoms with van der Waals surface area (Å²) in [6.07, 6.45) is 1.76. The van der Waals surface area contributed by atoms with Crippen molar-refractivity contribution < 1.29 is 4.79 Å². The Kier molecular flexibility index (Phi) is 4.57. The number of benzene rings is 1. The van der Waals surface area contributed by atoms with Crippen LogP contribution < -0.4 is 5.32 Å². The molecule has 0 saturated carbocycles. The van der Waals surface area contributed by atoms with Crippen LogP contribution in [0, 0.1) is 6.92 Å². The number of aryl methyl sites for hydroxylation is 1. The summed E-state index contributed by atoms with van der Waals surface area (Å²) in [4.78, 5) is 17.4. The molecular formula is C20H24N4O. The first-order valence-electron chi connectivity index (χ1n) is 8.63. The molecule has 0 atom stereocenters. The molecular weight excluding hydrogens is 312 g/mol. The van der Waals surface area contributed by atoms with Crippen LogP contribution >= 0.6 is 0 Å². The van der Waals surface area contributed by atoms with Crippen LogP contribution in [0.3, 0.4) is 0 Å². The predicted octanol–water partition coefficient (Wildman–Crippen LogP) is 4.70. The fraction of sp³-hybridized carbons (Fsp3) is 0.350. The first-order valence-corrected chi connectivity index (χ1v) is 8.63. The molecule has 2 heterocycles. The minimum absolute atomic E-state index is 0.141. The van der Waals surface area contributed by atoms with Crippen LogP contribution in [0.1, 0.15) is 61.3 Å². The number of nitrogens with zero attached hydrogens (tertiary/aromatic N) is 3. The molecule has 25 heavy (non-hydrogen) atoms. The molecule has 0 fully saturated rings. The topological polar surface area (TPSA) is 59.8 Å². The quantitative estimate of drug-likeness (QED) is 0.751. The second-order valence-electron chi connectivity index (χ2n) is 6.91. The maximum Gasteiger partial charge on any atom is 0.257 e. The van der Waals surface area contributed by atoms with Gasteiger partial charge in [-0.1, -0.05) is 32.0 Å². The summed E-state index contributed by atoms with van der Waals surface area (Å²) in [5.41, 5.74) is 4.06. The van der Waals surface area contributed by atoms with Crippen LogP contribution in [-0.2, 0) is 0 Å². The Morgan fingerprint density at radius 1 is 1.16 bits per heavy atom. The monoisotopic (exact) mass is 336 g/mol. The fourth-order valence-electron chi connectivity index (χ4n) is 2.98. The van der Waals surface area contributed by atoms with E-state index >= 15 is 0 Å². The molecule has 0 aliphatic heterocycles.